The summed E-state index contributed by atoms with van der Waals surface area (Å²) in [4.78, 5) is 5.28. The van der Waals surface area contributed by atoms with E-state index in [2.05, 4.69) is 212 Å². The number of para-hydroxylation sites is 3. The molecule has 12 rings (SSSR count). The molecular weight excluding hydrogens is 675 g/mol. The third kappa shape index (κ3) is 3.92. The van der Waals surface area contributed by atoms with Crippen LogP contribution in [0, 0.1) is 6.92 Å². The molecule has 0 atom stereocenters. The zero-order valence-electron chi connectivity index (χ0n) is 31.8. The number of fused-ring (bicyclic) bond motifs is 9. The third-order valence-corrected chi connectivity index (χ3v) is 13.3. The summed E-state index contributed by atoms with van der Waals surface area (Å²) in [5, 5.41) is 0. The molecule has 0 spiro atoms. The van der Waals surface area contributed by atoms with E-state index in [1.54, 1.807) is 0 Å². The van der Waals surface area contributed by atoms with Gasteiger partial charge < -0.3 is 9.71 Å². The molecule has 8 aromatic rings. The average molecular weight is 715 g/mol. The maximum atomic E-state index is 2.66. The van der Waals surface area contributed by atoms with Gasteiger partial charge in [0, 0.05) is 33.7 Å². The van der Waals surface area contributed by atoms with Crippen molar-refractivity contribution in [3.05, 3.63) is 221 Å². The van der Waals surface area contributed by atoms with Crippen LogP contribution >= 0.6 is 0 Å². The Morgan fingerprint density at radius 3 is 1.80 bits per heavy atom. The molecule has 0 bridgehead atoms. The fraction of sp³-hybridized carbons (Fsp3) is 0.0943. The monoisotopic (exact) mass is 714 g/mol. The van der Waals surface area contributed by atoms with Gasteiger partial charge in [-0.15, -0.1) is 0 Å². The van der Waals surface area contributed by atoms with Crippen molar-refractivity contribution in [3.63, 3.8) is 0 Å². The van der Waals surface area contributed by atoms with Crippen LogP contribution in [0.1, 0.15) is 52.8 Å². The van der Waals surface area contributed by atoms with Crippen molar-refractivity contribution in [2.45, 2.75) is 31.6 Å². The van der Waals surface area contributed by atoms with Gasteiger partial charge in [-0.05, 0) is 110 Å². The Labute approximate surface area is 329 Å². The molecule has 264 valence electrons. The van der Waals surface area contributed by atoms with Crippen molar-refractivity contribution in [2.75, 3.05) is 9.71 Å². The van der Waals surface area contributed by atoms with E-state index >= 15 is 0 Å². The van der Waals surface area contributed by atoms with E-state index in [4.69, 9.17) is 0 Å². The molecule has 56 heavy (non-hydrogen) atoms. The van der Waals surface area contributed by atoms with Gasteiger partial charge in [-0.3, -0.25) is 0 Å². The van der Waals surface area contributed by atoms with Crippen molar-refractivity contribution >= 4 is 46.2 Å². The normalized spacial score (nSPS) is 15.6. The molecule has 0 fully saturated rings. The lowest BCUT2D eigenvalue weighted by molar-refractivity contribution is 0.660. The minimum absolute atomic E-state index is 0.0566. The Morgan fingerprint density at radius 1 is 0.446 bits per heavy atom. The summed E-state index contributed by atoms with van der Waals surface area (Å²) in [6.45, 7) is 7.01. The molecule has 0 aromatic heterocycles. The summed E-state index contributed by atoms with van der Waals surface area (Å²) in [6.07, 6.45) is 0. The quantitative estimate of drug-likeness (QED) is 0.168. The van der Waals surface area contributed by atoms with E-state index in [1.165, 1.54) is 101 Å². The molecule has 0 radical (unpaired) electrons. The maximum Gasteiger partial charge on any atom is 0.333 e. The van der Waals surface area contributed by atoms with Crippen molar-refractivity contribution in [1.82, 2.24) is 0 Å². The average Bonchev–Trinajstić information content (AvgIpc) is 3.47. The molecule has 0 amide bonds. The standard InChI is InChI=1S/C53H39BN2/c1-34-30-41-40-32-45-39(38-24-13-14-25-42(38)52(45,2)3)33-48(40)56(37-22-11-6-12-23-37)54-46-28-17-27-44-51(46)55(49(31-34)50(41)54)47-29-16-15-26-43(47)53(44,35-18-7-4-8-19-35)36-20-9-5-10-21-36/h4-33H,1-3H3. The summed E-state index contributed by atoms with van der Waals surface area (Å²) in [5.74, 6) is 0. The van der Waals surface area contributed by atoms with Crippen LogP contribution in [-0.4, -0.2) is 6.85 Å². The Morgan fingerprint density at radius 2 is 1.07 bits per heavy atom. The first-order chi connectivity index (χ1) is 27.5. The smallest absolute Gasteiger partial charge is 0.333 e. The Kier molecular flexibility index (Phi) is 6.37. The second-order valence-electron chi connectivity index (χ2n) is 16.5. The van der Waals surface area contributed by atoms with Gasteiger partial charge in [-0.25, -0.2) is 0 Å². The van der Waals surface area contributed by atoms with Gasteiger partial charge in [0.2, 0.25) is 0 Å². The number of benzene rings is 8. The highest BCUT2D eigenvalue weighted by Gasteiger charge is 2.53. The molecule has 4 aliphatic rings. The maximum absolute atomic E-state index is 2.66. The van der Waals surface area contributed by atoms with Crippen LogP contribution in [0.2, 0.25) is 0 Å². The number of anilines is 5. The first-order valence-corrected chi connectivity index (χ1v) is 19.9. The summed E-state index contributed by atoms with van der Waals surface area (Å²) in [6, 6.07) is 68.7. The van der Waals surface area contributed by atoms with Crippen LogP contribution in [0.3, 0.4) is 0 Å². The fourth-order valence-corrected chi connectivity index (χ4v) is 11.1. The first-order valence-electron chi connectivity index (χ1n) is 19.9. The molecule has 8 aromatic carbocycles. The predicted molar refractivity (Wildman–Crippen MR) is 234 cm³/mol. The topological polar surface area (TPSA) is 6.48 Å². The van der Waals surface area contributed by atoms with Crippen LogP contribution in [-0.2, 0) is 10.8 Å². The summed E-state index contributed by atoms with van der Waals surface area (Å²) < 4.78 is 0. The predicted octanol–water partition coefficient (Wildman–Crippen LogP) is 11.7. The van der Waals surface area contributed by atoms with Gasteiger partial charge in [0.25, 0.3) is 0 Å². The molecule has 0 saturated carbocycles. The van der Waals surface area contributed by atoms with Gasteiger partial charge in [0.15, 0.2) is 0 Å². The Hall–Kier alpha value is -6.58. The van der Waals surface area contributed by atoms with Crippen LogP contribution < -0.4 is 20.6 Å². The first kappa shape index (κ1) is 31.7. The zero-order valence-corrected chi connectivity index (χ0v) is 31.8. The van der Waals surface area contributed by atoms with Crippen LogP contribution in [0.25, 0.3) is 22.3 Å². The van der Waals surface area contributed by atoms with Gasteiger partial charge in [-0.2, -0.15) is 0 Å². The van der Waals surface area contributed by atoms with Gasteiger partial charge >= 0.3 is 6.85 Å². The number of nitrogens with zero attached hydrogens (tertiary/aromatic N) is 2. The number of aryl methyl sites for hydroxylation is 1. The van der Waals surface area contributed by atoms with Crippen molar-refractivity contribution in [1.29, 1.82) is 0 Å². The molecule has 0 saturated heterocycles. The summed E-state index contributed by atoms with van der Waals surface area (Å²) >= 11 is 0. The van der Waals surface area contributed by atoms with E-state index in [0.29, 0.717) is 0 Å². The highest BCUT2D eigenvalue weighted by molar-refractivity contribution is 6.93. The van der Waals surface area contributed by atoms with Crippen molar-refractivity contribution < 1.29 is 0 Å². The molecule has 3 heteroatoms. The molecule has 0 unspecified atom stereocenters. The summed E-state index contributed by atoms with van der Waals surface area (Å²) in [7, 11) is 0. The fourth-order valence-electron chi connectivity index (χ4n) is 11.1. The summed E-state index contributed by atoms with van der Waals surface area (Å²) in [5.41, 5.74) is 22.8. The molecule has 0 N–H and O–H groups in total. The lowest BCUT2D eigenvalue weighted by Crippen LogP contribution is -2.62. The van der Waals surface area contributed by atoms with Crippen LogP contribution in [0.5, 0.6) is 0 Å². The van der Waals surface area contributed by atoms with E-state index in [-0.39, 0.29) is 12.3 Å². The largest absolute Gasteiger partial charge is 0.376 e. The third-order valence-electron chi connectivity index (χ3n) is 13.3. The Balaban J connectivity index is 1.23. The SMILES string of the molecule is Cc1cc2c3c(c1)N1c4ccccc4C(c4ccccc4)(c4ccccc4)c4cccc(c41)B3N(c1ccccc1)c1cc3c(cc1-2)C(C)(C)c1ccccc1-3. The van der Waals surface area contributed by atoms with Crippen molar-refractivity contribution in [3.8, 4) is 22.3 Å². The molecule has 2 nitrogen and oxygen atoms in total. The van der Waals surface area contributed by atoms with Gasteiger partial charge in [0.1, 0.15) is 0 Å². The molecule has 3 heterocycles. The highest BCUT2D eigenvalue weighted by Crippen LogP contribution is 2.60. The highest BCUT2D eigenvalue weighted by atomic mass is 15.2. The molecule has 3 aliphatic heterocycles. The zero-order chi connectivity index (χ0) is 37.3. The number of rotatable bonds is 3. The molecule has 1 aliphatic carbocycles. The van der Waals surface area contributed by atoms with E-state index in [1.807, 2.05) is 0 Å². The van der Waals surface area contributed by atoms with Gasteiger partial charge in [0.05, 0.1) is 11.1 Å². The second kappa shape index (κ2) is 11.2. The minimum atomic E-state index is -0.536. The lowest BCUT2D eigenvalue weighted by Gasteiger charge is -2.52. The van der Waals surface area contributed by atoms with E-state index < -0.39 is 5.41 Å². The number of hydrogen-bond acceptors (Lipinski definition) is 2. The Bertz CT molecular complexity index is 2870. The second-order valence-corrected chi connectivity index (χ2v) is 16.5. The minimum Gasteiger partial charge on any atom is -0.376 e. The van der Waals surface area contributed by atoms with Gasteiger partial charge in [-0.1, -0.05) is 159 Å². The van der Waals surface area contributed by atoms with Crippen LogP contribution in [0.4, 0.5) is 28.4 Å². The molecular formula is C53H39BN2. The van der Waals surface area contributed by atoms with Crippen molar-refractivity contribution in [2.24, 2.45) is 0 Å². The van der Waals surface area contributed by atoms with E-state index in [0.717, 1.165) is 0 Å². The van der Waals surface area contributed by atoms with Crippen LogP contribution in [0.15, 0.2) is 182 Å². The lowest BCUT2D eigenvalue weighted by atomic mass is 9.42. The number of hydrogen-bond donors (Lipinski definition) is 0. The van der Waals surface area contributed by atoms with E-state index in [9.17, 15) is 0 Å².